The molecule has 0 saturated heterocycles. The van der Waals surface area contributed by atoms with Gasteiger partial charge in [-0.25, -0.2) is 0 Å². The second kappa shape index (κ2) is 3.75. The molecule has 1 nitrogen and oxygen atoms in total. The minimum absolute atomic E-state index is 0.709. The average molecular weight is 140 g/mol. The lowest BCUT2D eigenvalue weighted by Gasteiger charge is -2.24. The molecule has 1 aliphatic carbocycles. The first-order chi connectivity index (χ1) is 4.83. The number of aldehydes is 1. The molecule has 0 aromatic heterocycles. The van der Waals surface area contributed by atoms with Gasteiger partial charge in [-0.05, 0) is 18.3 Å². The maximum atomic E-state index is 10.2. The van der Waals surface area contributed by atoms with Gasteiger partial charge in [-0.1, -0.05) is 26.2 Å². The van der Waals surface area contributed by atoms with E-state index in [1.807, 2.05) is 0 Å². The molecule has 0 N–H and O–H groups in total. The van der Waals surface area contributed by atoms with Gasteiger partial charge in [0.15, 0.2) is 0 Å². The lowest BCUT2D eigenvalue weighted by atomic mass is 9.81. The lowest BCUT2D eigenvalue weighted by molar-refractivity contribution is -0.108. The first-order valence-corrected chi connectivity index (χ1v) is 4.26. The predicted octanol–water partition coefficient (Wildman–Crippen LogP) is 2.40. The van der Waals surface area contributed by atoms with Crippen LogP contribution in [0, 0.1) is 11.8 Å². The van der Waals surface area contributed by atoms with Gasteiger partial charge in [-0.3, -0.25) is 0 Å². The van der Waals surface area contributed by atoms with Crippen LogP contribution in [0.3, 0.4) is 0 Å². The minimum Gasteiger partial charge on any atom is -0.303 e. The Morgan fingerprint density at radius 3 is 2.90 bits per heavy atom. The summed E-state index contributed by atoms with van der Waals surface area (Å²) >= 11 is 0. The smallest absolute Gasteiger partial charge is 0.120 e. The minimum atomic E-state index is 0.709. The van der Waals surface area contributed by atoms with Crippen molar-refractivity contribution >= 4 is 6.29 Å². The highest BCUT2D eigenvalue weighted by molar-refractivity contribution is 5.49. The van der Waals surface area contributed by atoms with Crippen LogP contribution in [0.25, 0.3) is 0 Å². The molecule has 0 aromatic carbocycles. The molecule has 1 rings (SSSR count). The molecule has 0 radical (unpaired) electrons. The molecule has 0 heterocycles. The number of rotatable bonds is 2. The van der Waals surface area contributed by atoms with E-state index in [1.54, 1.807) is 0 Å². The second-order valence-electron chi connectivity index (χ2n) is 3.54. The Bertz CT molecular complexity index is 109. The molecule has 1 fully saturated rings. The zero-order valence-electron chi connectivity index (χ0n) is 6.68. The Morgan fingerprint density at radius 1 is 1.50 bits per heavy atom. The number of carbonyl (C=O) groups is 1. The van der Waals surface area contributed by atoms with Crippen LogP contribution in [0.5, 0.6) is 0 Å². The largest absolute Gasteiger partial charge is 0.303 e. The van der Waals surface area contributed by atoms with Gasteiger partial charge in [0, 0.05) is 6.42 Å². The van der Waals surface area contributed by atoms with Crippen LogP contribution in [0.15, 0.2) is 0 Å². The Labute approximate surface area is 62.8 Å². The normalized spacial score (nSPS) is 33.7. The van der Waals surface area contributed by atoms with Gasteiger partial charge in [-0.2, -0.15) is 0 Å². The van der Waals surface area contributed by atoms with Crippen LogP contribution in [0.2, 0.25) is 0 Å². The van der Waals surface area contributed by atoms with Crippen LogP contribution in [0.4, 0.5) is 0 Å². The summed E-state index contributed by atoms with van der Waals surface area (Å²) < 4.78 is 0. The van der Waals surface area contributed by atoms with Crippen molar-refractivity contribution in [3.8, 4) is 0 Å². The van der Waals surface area contributed by atoms with E-state index in [4.69, 9.17) is 0 Å². The zero-order chi connectivity index (χ0) is 7.40. The van der Waals surface area contributed by atoms with Crippen molar-refractivity contribution in [1.29, 1.82) is 0 Å². The quantitative estimate of drug-likeness (QED) is 0.538. The second-order valence-corrected chi connectivity index (χ2v) is 3.54. The maximum absolute atomic E-state index is 10.2. The average Bonchev–Trinajstić information content (AvgIpc) is 1.88. The summed E-state index contributed by atoms with van der Waals surface area (Å²) in [7, 11) is 0. The Balaban J connectivity index is 2.24. The molecule has 1 aliphatic rings. The number of hydrogen-bond donors (Lipinski definition) is 0. The fourth-order valence-electron chi connectivity index (χ4n) is 1.91. The molecule has 0 amide bonds. The van der Waals surface area contributed by atoms with Crippen molar-refractivity contribution in [3.63, 3.8) is 0 Å². The van der Waals surface area contributed by atoms with E-state index in [1.165, 1.54) is 25.7 Å². The van der Waals surface area contributed by atoms with E-state index in [-0.39, 0.29) is 0 Å². The van der Waals surface area contributed by atoms with Crippen LogP contribution in [-0.4, -0.2) is 6.29 Å². The van der Waals surface area contributed by atoms with Gasteiger partial charge in [0.05, 0.1) is 0 Å². The van der Waals surface area contributed by atoms with E-state index in [0.717, 1.165) is 18.6 Å². The van der Waals surface area contributed by atoms with Crippen molar-refractivity contribution in [2.45, 2.75) is 39.0 Å². The zero-order valence-corrected chi connectivity index (χ0v) is 6.68. The van der Waals surface area contributed by atoms with Crippen LogP contribution >= 0.6 is 0 Å². The monoisotopic (exact) mass is 140 g/mol. The fourth-order valence-corrected chi connectivity index (χ4v) is 1.91. The third-order valence-electron chi connectivity index (χ3n) is 2.47. The molecule has 1 heteroatoms. The van der Waals surface area contributed by atoms with Crippen molar-refractivity contribution in [1.82, 2.24) is 0 Å². The molecule has 0 spiro atoms. The molecule has 2 unspecified atom stereocenters. The summed E-state index contributed by atoms with van der Waals surface area (Å²) in [6.45, 7) is 2.29. The number of hydrogen-bond acceptors (Lipinski definition) is 1. The van der Waals surface area contributed by atoms with E-state index in [0.29, 0.717) is 5.92 Å². The van der Waals surface area contributed by atoms with Gasteiger partial charge < -0.3 is 4.79 Å². The summed E-state index contributed by atoms with van der Waals surface area (Å²) in [6, 6.07) is 0. The highest BCUT2D eigenvalue weighted by atomic mass is 16.1. The molecule has 0 bridgehead atoms. The van der Waals surface area contributed by atoms with Crippen LogP contribution in [-0.2, 0) is 4.79 Å². The molecule has 2 atom stereocenters. The highest BCUT2D eigenvalue weighted by Crippen LogP contribution is 2.29. The van der Waals surface area contributed by atoms with Gasteiger partial charge in [0.1, 0.15) is 6.29 Å². The van der Waals surface area contributed by atoms with E-state index in [9.17, 15) is 4.79 Å². The van der Waals surface area contributed by atoms with Crippen LogP contribution < -0.4 is 0 Å². The maximum Gasteiger partial charge on any atom is 0.120 e. The van der Waals surface area contributed by atoms with Gasteiger partial charge in [0.25, 0.3) is 0 Å². The Kier molecular flexibility index (Phi) is 2.91. The lowest BCUT2D eigenvalue weighted by Crippen LogP contribution is -2.13. The van der Waals surface area contributed by atoms with Crippen molar-refractivity contribution in [2.24, 2.45) is 11.8 Å². The first-order valence-electron chi connectivity index (χ1n) is 4.26. The first kappa shape index (κ1) is 7.77. The predicted molar refractivity (Wildman–Crippen MR) is 41.8 cm³/mol. The SMILES string of the molecule is CC1CCCC(CC=O)C1. The van der Waals surface area contributed by atoms with Crippen LogP contribution in [0.1, 0.15) is 39.0 Å². The summed E-state index contributed by atoms with van der Waals surface area (Å²) in [5, 5.41) is 0. The van der Waals surface area contributed by atoms with Crippen molar-refractivity contribution in [2.75, 3.05) is 0 Å². The van der Waals surface area contributed by atoms with Gasteiger partial charge >= 0.3 is 0 Å². The molecule has 1 saturated carbocycles. The number of carbonyl (C=O) groups excluding carboxylic acids is 1. The summed E-state index contributed by atoms with van der Waals surface area (Å²) in [5.41, 5.74) is 0. The van der Waals surface area contributed by atoms with Gasteiger partial charge in [-0.15, -0.1) is 0 Å². The van der Waals surface area contributed by atoms with Crippen molar-refractivity contribution < 1.29 is 4.79 Å². The highest BCUT2D eigenvalue weighted by Gasteiger charge is 2.17. The molecule has 10 heavy (non-hydrogen) atoms. The van der Waals surface area contributed by atoms with E-state index < -0.39 is 0 Å². The molecular formula is C9H16O. The topological polar surface area (TPSA) is 17.1 Å². The molecule has 58 valence electrons. The molecule has 0 aliphatic heterocycles. The van der Waals surface area contributed by atoms with E-state index >= 15 is 0 Å². The molecule has 0 aromatic rings. The Morgan fingerprint density at radius 2 is 2.30 bits per heavy atom. The van der Waals surface area contributed by atoms with Gasteiger partial charge in [0.2, 0.25) is 0 Å². The third-order valence-corrected chi connectivity index (χ3v) is 2.47. The fraction of sp³-hybridized carbons (Fsp3) is 0.889. The third kappa shape index (κ3) is 2.13. The summed E-state index contributed by atoms with van der Waals surface area (Å²) in [6.07, 6.45) is 7.13. The summed E-state index contributed by atoms with van der Waals surface area (Å²) in [5.74, 6) is 1.57. The van der Waals surface area contributed by atoms with E-state index in [2.05, 4.69) is 6.92 Å². The standard InChI is InChI=1S/C9H16O/c1-8-3-2-4-9(7-8)5-6-10/h6,8-9H,2-5,7H2,1H3. The van der Waals surface area contributed by atoms with Crippen molar-refractivity contribution in [3.05, 3.63) is 0 Å². The Hall–Kier alpha value is -0.330. The molecular weight excluding hydrogens is 124 g/mol. The summed E-state index contributed by atoms with van der Waals surface area (Å²) in [4.78, 5) is 10.2.